The van der Waals surface area contributed by atoms with Crippen LogP contribution >= 0.6 is 0 Å². The molecule has 0 saturated carbocycles. The van der Waals surface area contributed by atoms with E-state index in [4.69, 9.17) is 4.12 Å². The predicted molar refractivity (Wildman–Crippen MR) is 79.1 cm³/mol. The molecular formula is C12H24O5Si2. The van der Waals surface area contributed by atoms with E-state index in [2.05, 4.69) is 0 Å². The fraction of sp³-hybridized carbons (Fsp3) is 0.667. The lowest BCUT2D eigenvalue weighted by Crippen LogP contribution is -2.47. The highest BCUT2D eigenvalue weighted by Gasteiger charge is 2.40. The maximum atomic E-state index is 11.5. The second-order valence-corrected chi connectivity index (χ2v) is 14.5. The first kappa shape index (κ1) is 18.1. The maximum Gasteiger partial charge on any atom is 0.331 e. The first-order valence-electron chi connectivity index (χ1n) is 6.32. The minimum Gasteiger partial charge on any atom is -0.478 e. The van der Waals surface area contributed by atoms with Gasteiger partial charge in [0.05, 0.1) is 5.20 Å². The molecule has 110 valence electrons. The predicted octanol–water partition coefficient (Wildman–Crippen LogP) is 2.85. The number of hydrogen-bond donors (Lipinski definition) is 2. The molecule has 0 spiro atoms. The molecule has 0 aliphatic heterocycles. The SMILES string of the molecule is CCC/C(C(=O)O)=C(\C(=O)O)[Si](C)(C)O[Si](C)(C)C. The van der Waals surface area contributed by atoms with Gasteiger partial charge in [0.15, 0.2) is 8.32 Å². The van der Waals surface area contributed by atoms with Crippen molar-refractivity contribution in [2.75, 3.05) is 0 Å². The largest absolute Gasteiger partial charge is 0.478 e. The summed E-state index contributed by atoms with van der Waals surface area (Å²) in [5, 5.41) is 18.6. The second-order valence-electron chi connectivity index (χ2n) is 5.94. The molecule has 0 heterocycles. The van der Waals surface area contributed by atoms with Crippen molar-refractivity contribution in [1.29, 1.82) is 0 Å². The number of hydrogen-bond acceptors (Lipinski definition) is 3. The molecule has 2 N–H and O–H groups in total. The number of carboxylic acid groups (broad SMARTS) is 2. The number of rotatable bonds is 7. The Balaban J connectivity index is 5.83. The summed E-state index contributed by atoms with van der Waals surface area (Å²) in [5.74, 6) is -2.32. The number of aliphatic carboxylic acids is 2. The Hall–Kier alpha value is -0.926. The third-order valence-electron chi connectivity index (χ3n) is 2.44. The summed E-state index contributed by atoms with van der Waals surface area (Å²) in [6.07, 6.45) is 0.846. The summed E-state index contributed by atoms with van der Waals surface area (Å²) in [6, 6.07) is 0. The topological polar surface area (TPSA) is 83.8 Å². The van der Waals surface area contributed by atoms with Crippen molar-refractivity contribution in [2.45, 2.75) is 52.5 Å². The standard InChI is InChI=1S/C12H24O5Si2/c1-7-8-9(11(13)14)10(12(15)16)19(5,6)17-18(2,3)4/h7-8H2,1-6H3,(H,13,14)(H,15,16)/b10-9-. The van der Waals surface area contributed by atoms with Gasteiger partial charge in [0.25, 0.3) is 0 Å². The van der Waals surface area contributed by atoms with Gasteiger partial charge in [-0.05, 0) is 39.2 Å². The van der Waals surface area contributed by atoms with E-state index in [0.29, 0.717) is 6.42 Å². The maximum absolute atomic E-state index is 11.5. The fourth-order valence-electron chi connectivity index (χ4n) is 2.16. The Morgan fingerprint density at radius 3 is 1.74 bits per heavy atom. The van der Waals surface area contributed by atoms with E-state index >= 15 is 0 Å². The van der Waals surface area contributed by atoms with Crippen LogP contribution in [-0.2, 0) is 13.7 Å². The minimum atomic E-state index is -2.73. The van der Waals surface area contributed by atoms with Crippen LogP contribution in [0.1, 0.15) is 19.8 Å². The average Bonchev–Trinajstić information content (AvgIpc) is 2.11. The van der Waals surface area contributed by atoms with E-state index in [0.717, 1.165) is 0 Å². The molecule has 0 aromatic carbocycles. The first-order chi connectivity index (χ1) is 8.42. The Bertz CT molecular complexity index is 393. The zero-order valence-electron chi connectivity index (χ0n) is 12.5. The summed E-state index contributed by atoms with van der Waals surface area (Å²) < 4.78 is 6.00. The molecule has 0 aliphatic carbocycles. The van der Waals surface area contributed by atoms with Crippen LogP contribution in [0.3, 0.4) is 0 Å². The van der Waals surface area contributed by atoms with Crippen molar-refractivity contribution in [3.8, 4) is 0 Å². The van der Waals surface area contributed by atoms with E-state index in [-0.39, 0.29) is 17.2 Å². The summed E-state index contributed by atoms with van der Waals surface area (Å²) >= 11 is 0. The number of carbonyl (C=O) groups is 2. The molecule has 5 nitrogen and oxygen atoms in total. The quantitative estimate of drug-likeness (QED) is 0.558. The molecule has 0 amide bonds. The van der Waals surface area contributed by atoms with E-state index in [9.17, 15) is 19.8 Å². The summed E-state index contributed by atoms with van der Waals surface area (Å²) in [4.78, 5) is 22.8. The Morgan fingerprint density at radius 1 is 1.00 bits per heavy atom. The lowest BCUT2D eigenvalue weighted by atomic mass is 10.1. The molecule has 0 aromatic heterocycles. The zero-order chi connectivity index (χ0) is 15.4. The molecule has 0 unspecified atom stereocenters. The van der Waals surface area contributed by atoms with Gasteiger partial charge in [-0.25, -0.2) is 9.59 Å². The van der Waals surface area contributed by atoms with E-state index in [1.165, 1.54) is 0 Å². The van der Waals surface area contributed by atoms with E-state index in [1.807, 2.05) is 26.6 Å². The van der Waals surface area contributed by atoms with Crippen LogP contribution < -0.4 is 0 Å². The fourth-order valence-corrected chi connectivity index (χ4v) is 10.2. The van der Waals surface area contributed by atoms with Crippen molar-refractivity contribution in [3.63, 3.8) is 0 Å². The van der Waals surface area contributed by atoms with Gasteiger partial charge in [-0.3, -0.25) is 0 Å². The molecule has 0 radical (unpaired) electrons. The second kappa shape index (κ2) is 6.49. The van der Waals surface area contributed by atoms with Crippen LogP contribution in [0.25, 0.3) is 0 Å². The van der Waals surface area contributed by atoms with Crippen molar-refractivity contribution >= 4 is 28.6 Å². The Labute approximate surface area is 116 Å². The molecule has 7 heteroatoms. The molecule has 19 heavy (non-hydrogen) atoms. The van der Waals surface area contributed by atoms with Crippen LogP contribution in [0.4, 0.5) is 0 Å². The highest BCUT2D eigenvalue weighted by Crippen LogP contribution is 2.26. The lowest BCUT2D eigenvalue weighted by molar-refractivity contribution is -0.135. The minimum absolute atomic E-state index is 0.00934. The molecule has 0 aliphatic rings. The molecule has 0 rings (SSSR count). The first-order valence-corrected chi connectivity index (χ1v) is 12.6. The van der Waals surface area contributed by atoms with Crippen molar-refractivity contribution in [2.24, 2.45) is 0 Å². The molecule has 0 bridgehead atoms. The van der Waals surface area contributed by atoms with Crippen LogP contribution in [0.2, 0.25) is 32.7 Å². The van der Waals surface area contributed by atoms with Gasteiger partial charge in [0.2, 0.25) is 8.32 Å². The third kappa shape index (κ3) is 5.71. The number of carboxylic acids is 2. The third-order valence-corrected chi connectivity index (χ3v) is 8.65. The van der Waals surface area contributed by atoms with Crippen LogP contribution in [0.5, 0.6) is 0 Å². The molecule has 0 atom stereocenters. The van der Waals surface area contributed by atoms with Crippen LogP contribution in [0, 0.1) is 0 Å². The normalized spacial score (nSPS) is 14.0. The average molecular weight is 304 g/mol. The van der Waals surface area contributed by atoms with Gasteiger partial charge in [-0.2, -0.15) is 0 Å². The monoisotopic (exact) mass is 304 g/mol. The lowest BCUT2D eigenvalue weighted by Gasteiger charge is -2.32. The van der Waals surface area contributed by atoms with Crippen molar-refractivity contribution < 1.29 is 23.9 Å². The smallest absolute Gasteiger partial charge is 0.331 e. The van der Waals surface area contributed by atoms with Crippen molar-refractivity contribution in [3.05, 3.63) is 10.8 Å². The van der Waals surface area contributed by atoms with Gasteiger partial charge in [-0.15, -0.1) is 0 Å². The summed E-state index contributed by atoms with van der Waals surface area (Å²) in [7, 11) is -4.67. The Kier molecular flexibility index (Phi) is 6.17. The van der Waals surface area contributed by atoms with E-state index < -0.39 is 28.6 Å². The molecule has 0 fully saturated rings. The van der Waals surface area contributed by atoms with Crippen LogP contribution in [0.15, 0.2) is 10.8 Å². The molecular weight excluding hydrogens is 280 g/mol. The Morgan fingerprint density at radius 2 is 1.47 bits per heavy atom. The molecule has 0 aromatic rings. The van der Waals surface area contributed by atoms with Crippen LogP contribution in [-0.4, -0.2) is 38.8 Å². The summed E-state index contributed by atoms with van der Waals surface area (Å²) in [6.45, 7) is 11.3. The van der Waals surface area contributed by atoms with E-state index in [1.54, 1.807) is 13.1 Å². The highest BCUT2D eigenvalue weighted by atomic mass is 28.4. The van der Waals surface area contributed by atoms with Gasteiger partial charge in [0.1, 0.15) is 0 Å². The van der Waals surface area contributed by atoms with Gasteiger partial charge in [0, 0.05) is 5.57 Å². The van der Waals surface area contributed by atoms with Gasteiger partial charge >= 0.3 is 11.9 Å². The van der Waals surface area contributed by atoms with Crippen molar-refractivity contribution in [1.82, 2.24) is 0 Å². The van der Waals surface area contributed by atoms with Gasteiger partial charge in [-0.1, -0.05) is 13.3 Å². The van der Waals surface area contributed by atoms with Gasteiger partial charge < -0.3 is 14.3 Å². The summed E-state index contributed by atoms with van der Waals surface area (Å²) in [5.41, 5.74) is -0.00934. The molecule has 0 saturated heterocycles. The zero-order valence-corrected chi connectivity index (χ0v) is 14.5. The highest BCUT2D eigenvalue weighted by molar-refractivity contribution is 6.91.